The molecule has 10 nitrogen and oxygen atoms in total. The van der Waals surface area contributed by atoms with Gasteiger partial charge in [-0.3, -0.25) is 4.79 Å². The second-order valence-corrected chi connectivity index (χ2v) is 8.58. The molecule has 1 heterocycles. The molecular formula is C29H26O10. The van der Waals surface area contributed by atoms with Crippen LogP contribution in [-0.4, -0.2) is 66.3 Å². The van der Waals surface area contributed by atoms with Crippen LogP contribution in [0.15, 0.2) is 91.0 Å². The molecule has 1 aliphatic heterocycles. The molecule has 1 N–H and O–H groups in total. The summed E-state index contributed by atoms with van der Waals surface area (Å²) < 4.78 is 27.5. The quantitative estimate of drug-likeness (QED) is 0.322. The minimum absolute atomic E-state index is 0.188. The van der Waals surface area contributed by atoms with E-state index in [1.54, 1.807) is 66.7 Å². The predicted molar refractivity (Wildman–Crippen MR) is 134 cm³/mol. The minimum Gasteiger partial charge on any atom is -0.458 e. The van der Waals surface area contributed by atoms with Gasteiger partial charge < -0.3 is 28.8 Å². The summed E-state index contributed by atoms with van der Waals surface area (Å²) in [4.78, 5) is 50.3. The average Bonchev–Trinajstić information content (AvgIpc) is 3.25. The first-order valence-corrected chi connectivity index (χ1v) is 12.1. The van der Waals surface area contributed by atoms with Gasteiger partial charge in [-0.1, -0.05) is 54.6 Å². The summed E-state index contributed by atoms with van der Waals surface area (Å²) in [6, 6.07) is 24.2. The highest BCUT2D eigenvalue weighted by Crippen LogP contribution is 2.30. The first-order valence-electron chi connectivity index (χ1n) is 12.1. The highest BCUT2D eigenvalue weighted by Gasteiger charge is 2.53. The summed E-state index contributed by atoms with van der Waals surface area (Å²) in [7, 11) is 0. The van der Waals surface area contributed by atoms with Gasteiger partial charge in [0.15, 0.2) is 24.6 Å². The number of hydrogen-bond acceptors (Lipinski definition) is 10. The molecule has 1 saturated heterocycles. The Hall–Kier alpha value is -4.54. The molecule has 0 aromatic heterocycles. The van der Waals surface area contributed by atoms with E-state index in [2.05, 4.69) is 0 Å². The van der Waals surface area contributed by atoms with Crippen molar-refractivity contribution in [2.45, 2.75) is 37.6 Å². The van der Waals surface area contributed by atoms with Gasteiger partial charge in [0.25, 0.3) is 0 Å². The number of carbonyl (C=O) groups is 4. The molecule has 10 heteroatoms. The molecule has 5 unspecified atom stereocenters. The van der Waals surface area contributed by atoms with E-state index in [0.717, 1.165) is 6.92 Å². The Bertz CT molecular complexity index is 1280. The van der Waals surface area contributed by atoms with Gasteiger partial charge in [0, 0.05) is 6.92 Å². The molecule has 5 atom stereocenters. The van der Waals surface area contributed by atoms with Gasteiger partial charge in [0.2, 0.25) is 0 Å². The van der Waals surface area contributed by atoms with Gasteiger partial charge in [0.1, 0.15) is 12.7 Å². The number of esters is 4. The van der Waals surface area contributed by atoms with E-state index in [9.17, 15) is 24.3 Å². The molecule has 1 fully saturated rings. The number of benzene rings is 3. The van der Waals surface area contributed by atoms with Crippen molar-refractivity contribution in [2.24, 2.45) is 0 Å². The molecular weight excluding hydrogens is 508 g/mol. The zero-order valence-corrected chi connectivity index (χ0v) is 20.9. The number of carbonyl (C=O) groups excluding carboxylic acids is 4. The van der Waals surface area contributed by atoms with Gasteiger partial charge in [0.05, 0.1) is 16.7 Å². The lowest BCUT2D eigenvalue weighted by molar-refractivity contribution is -0.174. The summed E-state index contributed by atoms with van der Waals surface area (Å²) in [6.07, 6.45) is -7.32. The fourth-order valence-corrected chi connectivity index (χ4v) is 3.97. The van der Waals surface area contributed by atoms with Crippen molar-refractivity contribution >= 4 is 23.9 Å². The summed E-state index contributed by atoms with van der Waals surface area (Å²) >= 11 is 0. The monoisotopic (exact) mass is 534 g/mol. The Balaban J connectivity index is 1.62. The van der Waals surface area contributed by atoms with Crippen molar-refractivity contribution in [2.75, 3.05) is 6.61 Å². The normalized spacial score (nSPS) is 20.9. The van der Waals surface area contributed by atoms with Crippen LogP contribution < -0.4 is 0 Å². The van der Waals surface area contributed by atoms with E-state index in [1.165, 1.54) is 24.3 Å². The molecule has 3 aromatic carbocycles. The molecule has 0 aliphatic carbocycles. The lowest BCUT2D eigenvalue weighted by Gasteiger charge is -2.28. The smallest absolute Gasteiger partial charge is 0.338 e. The number of aliphatic hydroxyl groups is 1. The molecule has 202 valence electrons. The molecule has 0 amide bonds. The van der Waals surface area contributed by atoms with E-state index >= 15 is 0 Å². The second kappa shape index (κ2) is 12.8. The van der Waals surface area contributed by atoms with Gasteiger partial charge in [-0.15, -0.1) is 0 Å². The number of rotatable bonds is 9. The maximum Gasteiger partial charge on any atom is 0.338 e. The van der Waals surface area contributed by atoms with E-state index in [0.29, 0.717) is 0 Å². The van der Waals surface area contributed by atoms with Crippen LogP contribution in [0.2, 0.25) is 0 Å². The van der Waals surface area contributed by atoms with Crippen LogP contribution in [-0.2, 0) is 28.5 Å². The van der Waals surface area contributed by atoms with Crippen LogP contribution in [0.25, 0.3) is 0 Å². The molecule has 3 aromatic rings. The largest absolute Gasteiger partial charge is 0.458 e. The van der Waals surface area contributed by atoms with Crippen LogP contribution in [0.5, 0.6) is 0 Å². The number of aliphatic hydroxyl groups excluding tert-OH is 1. The van der Waals surface area contributed by atoms with Crippen molar-refractivity contribution in [1.82, 2.24) is 0 Å². The Kier molecular flexibility index (Phi) is 9.03. The Morgan fingerprint density at radius 1 is 0.718 bits per heavy atom. The fourth-order valence-electron chi connectivity index (χ4n) is 3.97. The summed E-state index contributed by atoms with van der Waals surface area (Å²) in [5, 5.41) is 10.6. The third-order valence-corrected chi connectivity index (χ3v) is 5.80. The summed E-state index contributed by atoms with van der Waals surface area (Å²) in [6.45, 7) is 0.598. The molecule has 0 saturated carbocycles. The van der Waals surface area contributed by atoms with E-state index < -0.39 is 61.2 Å². The standard InChI is InChI=1S/C29H26O10/c1-18(30)36-25-24(39-28(33)21-15-9-4-10-16-21)23(38-29(25)34)22(37-27(32)20-13-7-3-8-14-20)17-35-26(31)19-11-5-2-6-12-19/h2-16,22-25,29,34H,17H2,1H3. The van der Waals surface area contributed by atoms with E-state index in [-0.39, 0.29) is 16.7 Å². The van der Waals surface area contributed by atoms with Gasteiger partial charge in [-0.25, -0.2) is 14.4 Å². The Morgan fingerprint density at radius 3 is 1.72 bits per heavy atom. The minimum atomic E-state index is -1.73. The predicted octanol–water partition coefficient (Wildman–Crippen LogP) is 2.94. The van der Waals surface area contributed by atoms with Crippen molar-refractivity contribution in [3.05, 3.63) is 108 Å². The van der Waals surface area contributed by atoms with E-state index in [4.69, 9.17) is 23.7 Å². The van der Waals surface area contributed by atoms with Crippen LogP contribution in [0.4, 0.5) is 0 Å². The van der Waals surface area contributed by atoms with Gasteiger partial charge in [-0.05, 0) is 36.4 Å². The average molecular weight is 535 g/mol. The third-order valence-electron chi connectivity index (χ3n) is 5.80. The molecule has 39 heavy (non-hydrogen) atoms. The second-order valence-electron chi connectivity index (χ2n) is 8.58. The molecule has 1 aliphatic rings. The highest BCUT2D eigenvalue weighted by molar-refractivity contribution is 5.90. The Morgan fingerprint density at radius 2 is 1.21 bits per heavy atom. The van der Waals surface area contributed by atoms with Crippen molar-refractivity contribution < 1.29 is 48.0 Å². The molecule has 0 radical (unpaired) electrons. The van der Waals surface area contributed by atoms with Gasteiger partial charge in [-0.2, -0.15) is 0 Å². The first kappa shape index (κ1) is 27.5. The zero-order chi connectivity index (χ0) is 27.8. The fraction of sp³-hybridized carbons (Fsp3) is 0.241. The van der Waals surface area contributed by atoms with Gasteiger partial charge >= 0.3 is 23.9 Å². The maximum atomic E-state index is 12.9. The lowest BCUT2D eigenvalue weighted by Crippen LogP contribution is -2.47. The van der Waals surface area contributed by atoms with Crippen LogP contribution in [0, 0.1) is 0 Å². The van der Waals surface area contributed by atoms with Crippen LogP contribution >= 0.6 is 0 Å². The molecule has 4 rings (SSSR count). The first-order chi connectivity index (χ1) is 18.8. The Labute approximate surface area is 224 Å². The number of hydrogen-bond donors (Lipinski definition) is 1. The number of ether oxygens (including phenoxy) is 5. The topological polar surface area (TPSA) is 135 Å². The van der Waals surface area contributed by atoms with Crippen molar-refractivity contribution in [3.8, 4) is 0 Å². The maximum absolute atomic E-state index is 12.9. The zero-order valence-electron chi connectivity index (χ0n) is 20.9. The van der Waals surface area contributed by atoms with E-state index in [1.807, 2.05) is 0 Å². The van der Waals surface area contributed by atoms with Crippen molar-refractivity contribution in [3.63, 3.8) is 0 Å². The highest BCUT2D eigenvalue weighted by atomic mass is 16.7. The lowest BCUT2D eigenvalue weighted by atomic mass is 10.0. The third kappa shape index (κ3) is 7.07. The molecule has 0 spiro atoms. The molecule has 0 bridgehead atoms. The summed E-state index contributed by atoms with van der Waals surface area (Å²) in [5.74, 6) is -3.05. The van der Waals surface area contributed by atoms with Crippen LogP contribution in [0.1, 0.15) is 38.0 Å². The SMILES string of the molecule is CC(=O)OC1C(O)OC(C(COC(=O)c2ccccc2)OC(=O)c2ccccc2)C1OC(=O)c1ccccc1. The van der Waals surface area contributed by atoms with Crippen LogP contribution in [0.3, 0.4) is 0 Å². The van der Waals surface area contributed by atoms with Crippen molar-refractivity contribution in [1.29, 1.82) is 0 Å². The summed E-state index contributed by atoms with van der Waals surface area (Å²) in [5.41, 5.74) is 0.639.